The zero-order valence-corrected chi connectivity index (χ0v) is 12.4. The Morgan fingerprint density at radius 1 is 1.16 bits per heavy atom. The highest BCUT2D eigenvalue weighted by Gasteiger charge is 2.51. The smallest absolute Gasteiger partial charge is 0.320 e. The van der Waals surface area contributed by atoms with Crippen LogP contribution in [0.3, 0.4) is 0 Å². The van der Waals surface area contributed by atoms with Crippen LogP contribution in [0.25, 0.3) is 0 Å². The Kier molecular flexibility index (Phi) is 3.04. The first-order valence-electron chi connectivity index (χ1n) is 7.52. The van der Waals surface area contributed by atoms with Crippen LogP contribution in [0.2, 0.25) is 0 Å². The summed E-state index contributed by atoms with van der Waals surface area (Å²) < 4.78 is 5.34. The maximum atomic E-state index is 12.7. The maximum Gasteiger partial charge on any atom is 0.320 e. The molecule has 0 aromatic heterocycles. The molecule has 2 heterocycles. The van der Waals surface area contributed by atoms with Crippen molar-refractivity contribution in [2.75, 3.05) is 32.8 Å². The standard InChI is InChI=1S/C15H26N2O2/c1-14(2)8-12-9-15(3,10-14)11-17(12)13(18)16-4-6-19-7-5-16/h12H,4-11H2,1-3H3. The molecule has 3 rings (SSSR count). The number of amides is 2. The van der Waals surface area contributed by atoms with Crippen molar-refractivity contribution < 1.29 is 9.53 Å². The van der Waals surface area contributed by atoms with E-state index in [2.05, 4.69) is 25.7 Å². The van der Waals surface area contributed by atoms with Gasteiger partial charge in [-0.2, -0.15) is 0 Å². The minimum absolute atomic E-state index is 0.245. The molecule has 1 saturated carbocycles. The summed E-state index contributed by atoms with van der Waals surface area (Å²) in [7, 11) is 0. The van der Waals surface area contributed by atoms with Crippen LogP contribution < -0.4 is 0 Å². The Labute approximate surface area is 116 Å². The number of carbonyl (C=O) groups is 1. The highest BCUT2D eigenvalue weighted by atomic mass is 16.5. The fourth-order valence-electron chi connectivity index (χ4n) is 4.62. The lowest BCUT2D eigenvalue weighted by atomic mass is 9.65. The molecule has 0 radical (unpaired) electrons. The molecule has 2 amide bonds. The highest BCUT2D eigenvalue weighted by molar-refractivity contribution is 5.75. The van der Waals surface area contributed by atoms with Gasteiger partial charge in [-0.3, -0.25) is 0 Å². The van der Waals surface area contributed by atoms with E-state index in [4.69, 9.17) is 4.74 Å². The van der Waals surface area contributed by atoms with E-state index >= 15 is 0 Å². The molecule has 0 N–H and O–H groups in total. The second-order valence-corrected chi connectivity index (χ2v) is 7.72. The number of urea groups is 1. The van der Waals surface area contributed by atoms with Gasteiger partial charge in [-0.15, -0.1) is 0 Å². The van der Waals surface area contributed by atoms with Crippen molar-refractivity contribution in [1.29, 1.82) is 0 Å². The first-order chi connectivity index (χ1) is 8.89. The molecule has 2 unspecified atom stereocenters. The first-order valence-corrected chi connectivity index (χ1v) is 7.52. The first kappa shape index (κ1) is 13.2. The van der Waals surface area contributed by atoms with Gasteiger partial charge in [0.1, 0.15) is 0 Å². The number of fused-ring (bicyclic) bond motifs is 2. The molecule has 2 aliphatic heterocycles. The zero-order chi connectivity index (χ0) is 13.7. The van der Waals surface area contributed by atoms with Gasteiger partial charge in [-0.1, -0.05) is 20.8 Å². The number of hydrogen-bond acceptors (Lipinski definition) is 2. The van der Waals surface area contributed by atoms with Crippen LogP contribution in [-0.4, -0.2) is 54.7 Å². The summed E-state index contributed by atoms with van der Waals surface area (Å²) in [4.78, 5) is 16.8. The lowest BCUT2D eigenvalue weighted by Gasteiger charge is -2.40. The fraction of sp³-hybridized carbons (Fsp3) is 0.933. The monoisotopic (exact) mass is 266 g/mol. The van der Waals surface area contributed by atoms with Crippen LogP contribution in [0.1, 0.15) is 40.0 Å². The van der Waals surface area contributed by atoms with E-state index in [1.807, 2.05) is 4.90 Å². The normalized spacial score (nSPS) is 37.5. The molecule has 108 valence electrons. The number of ether oxygens (including phenoxy) is 1. The number of morpholine rings is 1. The molecular formula is C15H26N2O2. The maximum absolute atomic E-state index is 12.7. The molecule has 0 spiro atoms. The number of hydrogen-bond donors (Lipinski definition) is 0. The second-order valence-electron chi connectivity index (χ2n) is 7.72. The third-order valence-electron chi connectivity index (χ3n) is 4.94. The third kappa shape index (κ3) is 2.47. The van der Waals surface area contributed by atoms with Crippen LogP contribution >= 0.6 is 0 Å². The van der Waals surface area contributed by atoms with Crippen molar-refractivity contribution in [3.05, 3.63) is 0 Å². The summed E-state index contributed by atoms with van der Waals surface area (Å²) >= 11 is 0. The molecule has 3 aliphatic rings. The van der Waals surface area contributed by atoms with Gasteiger partial charge in [0.2, 0.25) is 0 Å². The molecule has 0 aromatic carbocycles. The number of carbonyl (C=O) groups excluding carboxylic acids is 1. The number of rotatable bonds is 0. The van der Waals surface area contributed by atoms with Crippen molar-refractivity contribution in [3.63, 3.8) is 0 Å². The van der Waals surface area contributed by atoms with Crippen molar-refractivity contribution >= 4 is 6.03 Å². The van der Waals surface area contributed by atoms with Crippen molar-refractivity contribution in [2.45, 2.75) is 46.1 Å². The van der Waals surface area contributed by atoms with Gasteiger partial charge < -0.3 is 14.5 Å². The number of nitrogens with zero attached hydrogens (tertiary/aromatic N) is 2. The van der Waals surface area contributed by atoms with Gasteiger partial charge >= 0.3 is 6.03 Å². The summed E-state index contributed by atoms with van der Waals surface area (Å²) in [6.45, 7) is 10.9. The molecule has 2 atom stereocenters. The molecular weight excluding hydrogens is 240 g/mol. The second kappa shape index (κ2) is 4.37. The Morgan fingerprint density at radius 2 is 1.84 bits per heavy atom. The average molecular weight is 266 g/mol. The van der Waals surface area contributed by atoms with E-state index in [0.717, 1.165) is 26.1 Å². The summed E-state index contributed by atoms with van der Waals surface area (Å²) in [5.74, 6) is 0. The van der Waals surface area contributed by atoms with E-state index in [0.29, 0.717) is 30.1 Å². The van der Waals surface area contributed by atoms with Gasteiger partial charge in [0.05, 0.1) is 13.2 Å². The average Bonchev–Trinajstić information content (AvgIpc) is 2.59. The summed E-state index contributed by atoms with van der Waals surface area (Å²) in [5.41, 5.74) is 0.700. The minimum Gasteiger partial charge on any atom is -0.378 e. The zero-order valence-electron chi connectivity index (χ0n) is 12.4. The Balaban J connectivity index is 1.74. The van der Waals surface area contributed by atoms with Gasteiger partial charge in [0.25, 0.3) is 0 Å². The molecule has 19 heavy (non-hydrogen) atoms. The van der Waals surface area contributed by atoms with Gasteiger partial charge in [-0.25, -0.2) is 4.79 Å². The third-order valence-corrected chi connectivity index (χ3v) is 4.94. The van der Waals surface area contributed by atoms with Crippen molar-refractivity contribution in [1.82, 2.24) is 9.80 Å². The Bertz CT molecular complexity index is 376. The predicted molar refractivity (Wildman–Crippen MR) is 74.0 cm³/mol. The molecule has 2 bridgehead atoms. The lowest BCUT2D eigenvalue weighted by molar-refractivity contribution is 0.0410. The summed E-state index contributed by atoms with van der Waals surface area (Å²) in [5, 5.41) is 0. The Hall–Kier alpha value is -0.770. The van der Waals surface area contributed by atoms with Crippen LogP contribution in [0, 0.1) is 10.8 Å². The van der Waals surface area contributed by atoms with Gasteiger partial charge in [-0.05, 0) is 30.1 Å². The van der Waals surface area contributed by atoms with Crippen LogP contribution in [0.15, 0.2) is 0 Å². The lowest BCUT2D eigenvalue weighted by Crippen LogP contribution is -2.50. The van der Waals surface area contributed by atoms with Crippen molar-refractivity contribution in [3.8, 4) is 0 Å². The van der Waals surface area contributed by atoms with E-state index in [-0.39, 0.29) is 6.03 Å². The molecule has 0 aromatic rings. The van der Waals surface area contributed by atoms with Crippen LogP contribution in [-0.2, 0) is 4.74 Å². The Morgan fingerprint density at radius 3 is 2.53 bits per heavy atom. The van der Waals surface area contributed by atoms with Crippen molar-refractivity contribution in [2.24, 2.45) is 10.8 Å². The SMILES string of the molecule is CC1(C)CC2CC(C)(CN2C(=O)N2CCOCC2)C1. The molecule has 3 fully saturated rings. The highest BCUT2D eigenvalue weighted by Crippen LogP contribution is 2.52. The molecule has 4 nitrogen and oxygen atoms in total. The molecule has 1 aliphatic carbocycles. The van der Waals surface area contributed by atoms with E-state index in [1.54, 1.807) is 0 Å². The predicted octanol–water partition coefficient (Wildman–Crippen LogP) is 2.34. The molecule has 2 saturated heterocycles. The van der Waals surface area contributed by atoms with Crippen LogP contribution in [0.5, 0.6) is 0 Å². The van der Waals surface area contributed by atoms with Crippen LogP contribution in [0.4, 0.5) is 4.79 Å². The van der Waals surface area contributed by atoms with Gasteiger partial charge in [0.15, 0.2) is 0 Å². The van der Waals surface area contributed by atoms with E-state index in [9.17, 15) is 4.79 Å². The van der Waals surface area contributed by atoms with E-state index in [1.165, 1.54) is 12.8 Å². The fourth-order valence-corrected chi connectivity index (χ4v) is 4.62. The quantitative estimate of drug-likeness (QED) is 0.674. The summed E-state index contributed by atoms with van der Waals surface area (Å²) in [6.07, 6.45) is 3.58. The minimum atomic E-state index is 0.245. The summed E-state index contributed by atoms with van der Waals surface area (Å²) in [6, 6.07) is 0.693. The number of likely N-dealkylation sites (tertiary alicyclic amines) is 1. The largest absolute Gasteiger partial charge is 0.378 e. The van der Waals surface area contributed by atoms with E-state index < -0.39 is 0 Å². The topological polar surface area (TPSA) is 32.8 Å². The molecule has 4 heteroatoms. The van der Waals surface area contributed by atoms with Gasteiger partial charge in [0, 0.05) is 25.7 Å².